The number of phenolic OH excluding ortho intramolecular Hbond substituents is 1. The summed E-state index contributed by atoms with van der Waals surface area (Å²) < 4.78 is 49.2. The molecule has 1 aliphatic heterocycles. The summed E-state index contributed by atoms with van der Waals surface area (Å²) in [5, 5.41) is 9.99. The third-order valence-electron chi connectivity index (χ3n) is 4.03. The Morgan fingerprint density at radius 1 is 1.14 bits per heavy atom. The minimum absolute atomic E-state index is 0.0339. The maximum atomic E-state index is 13.0. The molecule has 0 aromatic heterocycles. The van der Waals surface area contributed by atoms with Crippen molar-refractivity contribution in [2.24, 2.45) is 0 Å². The number of carbonyl (C=O) groups excluding carboxylic acids is 1. The first-order valence-corrected chi connectivity index (χ1v) is 9.28. The monoisotopic (exact) mass is 441 g/mol. The number of halogens is 3. The van der Waals surface area contributed by atoms with Crippen LogP contribution in [0.4, 0.5) is 18.9 Å². The van der Waals surface area contributed by atoms with Crippen molar-refractivity contribution < 1.29 is 32.5 Å². The van der Waals surface area contributed by atoms with Crippen LogP contribution in [0.1, 0.15) is 11.1 Å². The van der Waals surface area contributed by atoms with Crippen LogP contribution in [-0.4, -0.2) is 29.6 Å². The Labute approximate surface area is 173 Å². The Morgan fingerprint density at radius 3 is 2.31 bits per heavy atom. The number of carbonyl (C=O) groups is 1. The quantitative estimate of drug-likeness (QED) is 0.542. The van der Waals surface area contributed by atoms with Gasteiger partial charge in [-0.1, -0.05) is 30.0 Å². The van der Waals surface area contributed by atoms with Crippen LogP contribution < -0.4 is 14.4 Å². The van der Waals surface area contributed by atoms with Gasteiger partial charge in [-0.3, -0.25) is 9.69 Å². The van der Waals surface area contributed by atoms with E-state index < -0.39 is 17.6 Å². The molecule has 29 heavy (non-hydrogen) atoms. The van der Waals surface area contributed by atoms with Crippen molar-refractivity contribution >= 4 is 46.0 Å². The van der Waals surface area contributed by atoms with Crippen molar-refractivity contribution in [3.05, 3.63) is 52.4 Å². The number of thiocarbonyl (C=S) groups is 1. The average molecular weight is 441 g/mol. The molecule has 5 nitrogen and oxygen atoms in total. The summed E-state index contributed by atoms with van der Waals surface area (Å²) in [6.07, 6.45) is -3.04. The first-order chi connectivity index (χ1) is 13.7. The van der Waals surface area contributed by atoms with Crippen molar-refractivity contribution in [2.75, 3.05) is 19.1 Å². The molecule has 3 rings (SSSR count). The molecule has 0 bridgehead atoms. The highest BCUT2D eigenvalue weighted by molar-refractivity contribution is 8.27. The highest BCUT2D eigenvalue weighted by Crippen LogP contribution is 2.41. The molecule has 2 aromatic carbocycles. The van der Waals surface area contributed by atoms with E-state index in [-0.39, 0.29) is 32.2 Å². The van der Waals surface area contributed by atoms with Gasteiger partial charge in [0.25, 0.3) is 5.91 Å². The van der Waals surface area contributed by atoms with E-state index in [1.54, 1.807) is 0 Å². The SMILES string of the molecule is COc1cc(/C=C2/SC(=S)N(c3cccc(C(F)(F)F)c3)C2=O)cc(OC)c1O. The highest BCUT2D eigenvalue weighted by Gasteiger charge is 2.36. The van der Waals surface area contributed by atoms with Crippen LogP contribution in [0.15, 0.2) is 41.3 Å². The van der Waals surface area contributed by atoms with Crippen LogP contribution >= 0.6 is 24.0 Å². The van der Waals surface area contributed by atoms with Gasteiger partial charge < -0.3 is 14.6 Å². The molecule has 0 radical (unpaired) electrons. The van der Waals surface area contributed by atoms with Crippen molar-refractivity contribution in [1.82, 2.24) is 0 Å². The molecular formula is C19H14F3NO4S2. The van der Waals surface area contributed by atoms with Crippen LogP contribution in [0.3, 0.4) is 0 Å². The summed E-state index contributed by atoms with van der Waals surface area (Å²) >= 11 is 6.16. The molecule has 1 aliphatic rings. The van der Waals surface area contributed by atoms with Crippen molar-refractivity contribution in [2.45, 2.75) is 6.18 Å². The summed E-state index contributed by atoms with van der Waals surface area (Å²) in [6.45, 7) is 0. The maximum Gasteiger partial charge on any atom is 0.416 e. The summed E-state index contributed by atoms with van der Waals surface area (Å²) in [4.78, 5) is 14.1. The molecule has 1 amide bonds. The molecule has 2 aromatic rings. The smallest absolute Gasteiger partial charge is 0.416 e. The van der Waals surface area contributed by atoms with Crippen LogP contribution in [0.2, 0.25) is 0 Å². The maximum absolute atomic E-state index is 13.0. The number of phenols is 1. The minimum Gasteiger partial charge on any atom is -0.502 e. The van der Waals surface area contributed by atoms with Crippen LogP contribution in [0.5, 0.6) is 17.2 Å². The van der Waals surface area contributed by atoms with E-state index in [1.165, 1.54) is 44.6 Å². The summed E-state index contributed by atoms with van der Waals surface area (Å²) in [5.74, 6) is -0.457. The van der Waals surface area contributed by atoms with Gasteiger partial charge in [-0.15, -0.1) is 0 Å². The highest BCUT2D eigenvalue weighted by atomic mass is 32.2. The zero-order valence-electron chi connectivity index (χ0n) is 15.1. The predicted molar refractivity (Wildman–Crippen MR) is 108 cm³/mol. The fourth-order valence-corrected chi connectivity index (χ4v) is 3.96. The lowest BCUT2D eigenvalue weighted by Crippen LogP contribution is -2.27. The summed E-state index contributed by atoms with van der Waals surface area (Å²) in [5.41, 5.74) is -0.353. The number of ether oxygens (including phenoxy) is 2. The van der Waals surface area contributed by atoms with E-state index in [0.717, 1.165) is 28.8 Å². The van der Waals surface area contributed by atoms with Crippen LogP contribution in [-0.2, 0) is 11.0 Å². The summed E-state index contributed by atoms with van der Waals surface area (Å²) in [7, 11) is 2.73. The topological polar surface area (TPSA) is 59.0 Å². The molecular weight excluding hydrogens is 427 g/mol. The number of aromatic hydroxyl groups is 1. The Morgan fingerprint density at radius 2 is 1.76 bits per heavy atom. The Kier molecular flexibility index (Phi) is 5.76. The van der Waals surface area contributed by atoms with Gasteiger partial charge in [0.1, 0.15) is 0 Å². The molecule has 1 N–H and O–H groups in total. The normalized spacial score (nSPS) is 15.9. The van der Waals surface area contributed by atoms with Gasteiger partial charge >= 0.3 is 6.18 Å². The molecule has 0 atom stereocenters. The molecule has 10 heteroatoms. The first kappa shape index (κ1) is 21.0. The fraction of sp³-hybridized carbons (Fsp3) is 0.158. The number of rotatable bonds is 4. The Balaban J connectivity index is 1.98. The molecule has 0 aliphatic carbocycles. The van der Waals surface area contributed by atoms with Crippen molar-refractivity contribution in [1.29, 1.82) is 0 Å². The number of methoxy groups -OCH3 is 2. The lowest BCUT2D eigenvalue weighted by atomic mass is 10.1. The largest absolute Gasteiger partial charge is 0.502 e. The molecule has 1 heterocycles. The minimum atomic E-state index is -4.54. The van der Waals surface area contributed by atoms with E-state index in [4.69, 9.17) is 21.7 Å². The van der Waals surface area contributed by atoms with Crippen LogP contribution in [0, 0.1) is 0 Å². The van der Waals surface area contributed by atoms with Gasteiger partial charge in [-0.25, -0.2) is 0 Å². The molecule has 0 spiro atoms. The molecule has 0 saturated carbocycles. The second-order valence-electron chi connectivity index (χ2n) is 5.84. The molecule has 1 saturated heterocycles. The Bertz CT molecular complexity index is 996. The standard InChI is InChI=1S/C19H14F3NO4S2/c1-26-13-6-10(7-14(27-2)16(13)24)8-15-17(25)23(18(28)29-15)12-5-3-4-11(9-12)19(20,21)22/h3-9,24H,1-2H3/b15-8+. The van der Waals surface area contributed by atoms with Gasteiger partial charge in [0.15, 0.2) is 15.8 Å². The second-order valence-corrected chi connectivity index (χ2v) is 7.52. The predicted octanol–water partition coefficient (Wildman–Crippen LogP) is 4.83. The van der Waals surface area contributed by atoms with Gasteiger partial charge in [0.05, 0.1) is 30.4 Å². The fourth-order valence-electron chi connectivity index (χ4n) is 2.66. The first-order valence-electron chi connectivity index (χ1n) is 8.06. The zero-order valence-corrected chi connectivity index (χ0v) is 16.7. The molecule has 0 unspecified atom stereocenters. The number of hydrogen-bond acceptors (Lipinski definition) is 6. The van der Waals surface area contributed by atoms with Crippen LogP contribution in [0.25, 0.3) is 6.08 Å². The number of anilines is 1. The average Bonchev–Trinajstić information content (AvgIpc) is 2.95. The van der Waals surface area contributed by atoms with Crippen molar-refractivity contribution in [3.8, 4) is 17.2 Å². The molecule has 1 fully saturated rings. The Hall–Kier alpha value is -2.72. The van der Waals surface area contributed by atoms with E-state index in [1.807, 2.05) is 0 Å². The third kappa shape index (κ3) is 4.18. The second kappa shape index (κ2) is 7.96. The number of nitrogens with zero attached hydrogens (tertiary/aromatic N) is 1. The number of hydrogen-bond donors (Lipinski definition) is 1. The van der Waals surface area contributed by atoms with Gasteiger partial charge in [-0.2, -0.15) is 13.2 Å². The molecule has 152 valence electrons. The lowest BCUT2D eigenvalue weighted by Gasteiger charge is -2.16. The number of benzene rings is 2. The number of alkyl halides is 3. The lowest BCUT2D eigenvalue weighted by molar-refractivity contribution is -0.137. The van der Waals surface area contributed by atoms with Gasteiger partial charge in [-0.05, 0) is 42.0 Å². The number of thioether (sulfide) groups is 1. The number of amides is 1. The van der Waals surface area contributed by atoms with Gasteiger partial charge in [0, 0.05) is 0 Å². The van der Waals surface area contributed by atoms with E-state index in [2.05, 4.69) is 0 Å². The third-order valence-corrected chi connectivity index (χ3v) is 5.33. The van der Waals surface area contributed by atoms with E-state index >= 15 is 0 Å². The summed E-state index contributed by atoms with van der Waals surface area (Å²) in [6, 6.07) is 7.39. The zero-order chi connectivity index (χ0) is 21.3. The van der Waals surface area contributed by atoms with Crippen molar-refractivity contribution in [3.63, 3.8) is 0 Å². The van der Waals surface area contributed by atoms with E-state index in [9.17, 15) is 23.1 Å². The van der Waals surface area contributed by atoms with E-state index in [0.29, 0.717) is 5.56 Å². The van der Waals surface area contributed by atoms with Gasteiger partial charge in [0.2, 0.25) is 5.75 Å².